The molecule has 1 aliphatic rings. The quantitative estimate of drug-likeness (QED) is 0.587. The summed E-state index contributed by atoms with van der Waals surface area (Å²) in [5.74, 6) is -1.41. The molecule has 0 aromatic heterocycles. The van der Waals surface area contributed by atoms with E-state index in [-0.39, 0.29) is 43.9 Å². The van der Waals surface area contributed by atoms with Gasteiger partial charge in [0, 0.05) is 25.4 Å². The normalized spacial score (nSPS) is 13.1. The molecule has 1 unspecified atom stereocenters. The molecule has 0 aliphatic heterocycles. The Morgan fingerprint density at radius 2 is 1.66 bits per heavy atom. The summed E-state index contributed by atoms with van der Waals surface area (Å²) in [5, 5.41) is 11.7. The maximum absolute atomic E-state index is 12.4. The zero-order chi connectivity index (χ0) is 23.1. The summed E-state index contributed by atoms with van der Waals surface area (Å²) in [7, 11) is 0. The molecule has 1 atom stereocenters. The van der Waals surface area contributed by atoms with Gasteiger partial charge >= 0.3 is 12.1 Å². The molecule has 170 valence electrons. The molecule has 2 N–H and O–H groups in total. The second-order valence-corrected chi connectivity index (χ2v) is 8.22. The predicted octanol–water partition coefficient (Wildman–Crippen LogP) is 3.87. The lowest BCUT2D eigenvalue weighted by Crippen LogP contribution is -2.38. The molecule has 3 rings (SSSR count). The van der Waals surface area contributed by atoms with E-state index >= 15 is 0 Å². The van der Waals surface area contributed by atoms with Crippen molar-refractivity contribution in [2.45, 2.75) is 32.6 Å². The number of alkyl carbamates (subject to hydrolysis) is 1. The van der Waals surface area contributed by atoms with E-state index in [0.29, 0.717) is 13.0 Å². The summed E-state index contributed by atoms with van der Waals surface area (Å²) in [6.45, 7) is 4.33. The largest absolute Gasteiger partial charge is 0.480 e. The molecule has 2 amide bonds. The third kappa shape index (κ3) is 5.66. The van der Waals surface area contributed by atoms with Crippen molar-refractivity contribution in [3.63, 3.8) is 0 Å². The van der Waals surface area contributed by atoms with Crippen LogP contribution in [0.4, 0.5) is 4.79 Å². The molecule has 32 heavy (non-hydrogen) atoms. The summed E-state index contributed by atoms with van der Waals surface area (Å²) in [4.78, 5) is 37.0. The number of fused-ring (bicyclic) bond motifs is 3. The van der Waals surface area contributed by atoms with Gasteiger partial charge in [-0.25, -0.2) is 4.79 Å². The van der Waals surface area contributed by atoms with E-state index in [1.807, 2.05) is 38.1 Å². The Balaban J connectivity index is 1.49. The Morgan fingerprint density at radius 1 is 1.06 bits per heavy atom. The van der Waals surface area contributed by atoms with E-state index in [0.717, 1.165) is 11.1 Å². The average Bonchev–Trinajstić information content (AvgIpc) is 3.09. The minimum atomic E-state index is -1.03. The van der Waals surface area contributed by atoms with Gasteiger partial charge in [-0.2, -0.15) is 0 Å². The van der Waals surface area contributed by atoms with Crippen LogP contribution in [0, 0.1) is 5.92 Å². The summed E-state index contributed by atoms with van der Waals surface area (Å²) in [6, 6.07) is 16.3. The van der Waals surface area contributed by atoms with Crippen LogP contribution < -0.4 is 5.32 Å². The van der Waals surface area contributed by atoms with Crippen molar-refractivity contribution in [2.24, 2.45) is 5.92 Å². The van der Waals surface area contributed by atoms with E-state index in [9.17, 15) is 14.4 Å². The van der Waals surface area contributed by atoms with E-state index < -0.39 is 12.1 Å². The Morgan fingerprint density at radius 3 is 2.22 bits per heavy atom. The summed E-state index contributed by atoms with van der Waals surface area (Å²) < 4.78 is 5.51. The van der Waals surface area contributed by atoms with Crippen molar-refractivity contribution in [2.75, 3.05) is 26.2 Å². The number of nitrogens with one attached hydrogen (secondary N) is 1. The summed E-state index contributed by atoms with van der Waals surface area (Å²) in [5.41, 5.74) is 4.63. The topological polar surface area (TPSA) is 95.9 Å². The number of amides is 2. The third-order valence-corrected chi connectivity index (χ3v) is 5.63. The molecule has 0 fully saturated rings. The molecular formula is C25H30N2O5. The van der Waals surface area contributed by atoms with Gasteiger partial charge in [0.1, 0.15) is 13.2 Å². The minimum absolute atomic E-state index is 0.00854. The standard InChI is InChI=1S/C25H30N2O5/c1-3-12-27(15-24(29)30)23(28)13-17(2)14-26-25(31)32-16-22-20-10-6-4-8-18(20)19-9-5-7-11-21(19)22/h4-11,17,22H,3,12-16H2,1-2H3,(H,26,31)(H,29,30). The SMILES string of the molecule is CCCN(CC(=O)O)C(=O)CC(C)CNC(=O)OCC1c2ccccc2-c2ccccc21. The van der Waals surface area contributed by atoms with E-state index in [2.05, 4.69) is 29.6 Å². The Labute approximate surface area is 188 Å². The van der Waals surface area contributed by atoms with Crippen molar-refractivity contribution in [1.82, 2.24) is 10.2 Å². The van der Waals surface area contributed by atoms with Gasteiger partial charge in [-0.3, -0.25) is 9.59 Å². The lowest BCUT2D eigenvalue weighted by atomic mass is 9.98. The highest BCUT2D eigenvalue weighted by molar-refractivity contribution is 5.81. The number of nitrogens with zero attached hydrogens (tertiary/aromatic N) is 1. The molecule has 0 radical (unpaired) electrons. The van der Waals surface area contributed by atoms with Gasteiger partial charge in [-0.1, -0.05) is 62.4 Å². The highest BCUT2D eigenvalue weighted by Crippen LogP contribution is 2.44. The van der Waals surface area contributed by atoms with Crippen LogP contribution in [0.25, 0.3) is 11.1 Å². The van der Waals surface area contributed by atoms with Gasteiger partial charge in [-0.15, -0.1) is 0 Å². The fraction of sp³-hybridized carbons (Fsp3) is 0.400. The Hall–Kier alpha value is -3.35. The lowest BCUT2D eigenvalue weighted by molar-refractivity contribution is -0.144. The molecule has 7 heteroatoms. The predicted molar refractivity (Wildman–Crippen MR) is 121 cm³/mol. The molecule has 7 nitrogen and oxygen atoms in total. The van der Waals surface area contributed by atoms with Gasteiger partial charge in [0.25, 0.3) is 0 Å². The first-order chi connectivity index (χ1) is 15.4. The van der Waals surface area contributed by atoms with Gasteiger partial charge in [0.15, 0.2) is 0 Å². The Kier molecular flexibility index (Phi) is 7.87. The number of carboxylic acids is 1. The van der Waals surface area contributed by atoms with Crippen LogP contribution in [0.5, 0.6) is 0 Å². The molecule has 0 bridgehead atoms. The molecule has 2 aromatic carbocycles. The Bertz CT molecular complexity index is 929. The van der Waals surface area contributed by atoms with Crippen LogP contribution in [0.1, 0.15) is 43.7 Å². The first-order valence-electron chi connectivity index (χ1n) is 11.0. The fourth-order valence-corrected chi connectivity index (χ4v) is 4.13. The van der Waals surface area contributed by atoms with Crippen molar-refractivity contribution in [3.05, 3.63) is 59.7 Å². The maximum atomic E-state index is 12.4. The third-order valence-electron chi connectivity index (χ3n) is 5.63. The van der Waals surface area contributed by atoms with Gasteiger partial charge in [0.05, 0.1) is 0 Å². The zero-order valence-electron chi connectivity index (χ0n) is 18.5. The number of hydrogen-bond donors (Lipinski definition) is 2. The van der Waals surface area contributed by atoms with Crippen LogP contribution in [0.2, 0.25) is 0 Å². The summed E-state index contributed by atoms with van der Waals surface area (Å²) >= 11 is 0. The first-order valence-corrected chi connectivity index (χ1v) is 11.0. The number of rotatable bonds is 10. The number of carbonyl (C=O) groups excluding carboxylic acids is 2. The van der Waals surface area contributed by atoms with Gasteiger partial charge < -0.3 is 20.1 Å². The fourth-order valence-electron chi connectivity index (χ4n) is 4.13. The zero-order valence-corrected chi connectivity index (χ0v) is 18.5. The molecule has 0 saturated heterocycles. The van der Waals surface area contributed by atoms with E-state index in [1.165, 1.54) is 16.0 Å². The number of hydrogen-bond acceptors (Lipinski definition) is 4. The molecular weight excluding hydrogens is 408 g/mol. The number of carbonyl (C=O) groups is 3. The number of aliphatic carboxylic acids is 1. The van der Waals surface area contributed by atoms with Crippen LogP contribution >= 0.6 is 0 Å². The highest BCUT2D eigenvalue weighted by atomic mass is 16.5. The van der Waals surface area contributed by atoms with Gasteiger partial charge in [-0.05, 0) is 34.6 Å². The number of ether oxygens (including phenoxy) is 1. The monoisotopic (exact) mass is 438 g/mol. The van der Waals surface area contributed by atoms with Crippen molar-refractivity contribution in [1.29, 1.82) is 0 Å². The molecule has 0 saturated carbocycles. The van der Waals surface area contributed by atoms with Crippen LogP contribution in [0.15, 0.2) is 48.5 Å². The molecule has 0 heterocycles. The van der Waals surface area contributed by atoms with E-state index in [1.54, 1.807) is 0 Å². The van der Waals surface area contributed by atoms with Crippen molar-refractivity contribution >= 4 is 18.0 Å². The molecule has 0 spiro atoms. The average molecular weight is 439 g/mol. The summed E-state index contributed by atoms with van der Waals surface area (Å²) in [6.07, 6.45) is 0.324. The highest BCUT2D eigenvalue weighted by Gasteiger charge is 2.29. The molecule has 1 aliphatic carbocycles. The second kappa shape index (κ2) is 10.8. The maximum Gasteiger partial charge on any atom is 0.407 e. The minimum Gasteiger partial charge on any atom is -0.480 e. The molecule has 2 aromatic rings. The smallest absolute Gasteiger partial charge is 0.407 e. The lowest BCUT2D eigenvalue weighted by Gasteiger charge is -2.22. The van der Waals surface area contributed by atoms with Crippen LogP contribution in [-0.4, -0.2) is 54.2 Å². The number of benzene rings is 2. The number of carboxylic acid groups (broad SMARTS) is 1. The second-order valence-electron chi connectivity index (χ2n) is 8.22. The van der Waals surface area contributed by atoms with Crippen molar-refractivity contribution in [3.8, 4) is 11.1 Å². The van der Waals surface area contributed by atoms with Gasteiger partial charge in [0.2, 0.25) is 5.91 Å². The van der Waals surface area contributed by atoms with Crippen LogP contribution in [-0.2, 0) is 14.3 Å². The first kappa shape index (κ1) is 23.3. The van der Waals surface area contributed by atoms with E-state index in [4.69, 9.17) is 9.84 Å². The van der Waals surface area contributed by atoms with Crippen molar-refractivity contribution < 1.29 is 24.2 Å². The van der Waals surface area contributed by atoms with Crippen LogP contribution in [0.3, 0.4) is 0 Å².